The quantitative estimate of drug-likeness (QED) is 0.376. The van der Waals surface area contributed by atoms with Gasteiger partial charge in [-0.1, -0.05) is 76.3 Å². The van der Waals surface area contributed by atoms with Crippen molar-refractivity contribution >= 4 is 47.8 Å². The van der Waals surface area contributed by atoms with Crippen LogP contribution in [0.25, 0.3) is 0 Å². The van der Waals surface area contributed by atoms with Gasteiger partial charge in [0.2, 0.25) is 0 Å². The summed E-state index contributed by atoms with van der Waals surface area (Å²) in [7, 11) is -0.153. The van der Waals surface area contributed by atoms with Crippen molar-refractivity contribution in [2.45, 2.75) is 114 Å². The summed E-state index contributed by atoms with van der Waals surface area (Å²) in [6.45, 7) is 15.0. The fourth-order valence-electron chi connectivity index (χ4n) is 5.94. The molecule has 0 aliphatic heterocycles. The van der Waals surface area contributed by atoms with Crippen LogP contribution in [-0.4, -0.2) is 21.6 Å². The Balaban J connectivity index is 1.59. The van der Waals surface area contributed by atoms with Crippen LogP contribution in [0.3, 0.4) is 0 Å². The second-order valence-electron chi connectivity index (χ2n) is 11.3. The van der Waals surface area contributed by atoms with Gasteiger partial charge in [-0.05, 0) is 88.1 Å². The Bertz CT molecular complexity index is 803. The standard InChI is InChI=1S/C26H40P2S2/c1-25(2,3)27(23-12-9-16-29-23)21-14-13-19(18-21)22-15-17-30-24(22)28(26(4,5)6)20-10-7-8-11-20/h9,12,15-17,19-21H,7-8,10-11,13-14,18H2,1-6H3/t19-,21+,27?,28?/m1/s1. The number of hydrogen-bond acceptors (Lipinski definition) is 2. The summed E-state index contributed by atoms with van der Waals surface area (Å²) in [6, 6.07) is 7.22. The molecule has 2 saturated carbocycles. The molecule has 2 aromatic rings. The monoisotopic (exact) mass is 478 g/mol. The molecule has 0 nitrogen and oxygen atoms in total. The van der Waals surface area contributed by atoms with Crippen molar-refractivity contribution in [1.82, 2.24) is 0 Å². The molecule has 30 heavy (non-hydrogen) atoms. The van der Waals surface area contributed by atoms with E-state index in [1.165, 1.54) is 44.9 Å². The molecule has 2 aliphatic rings. The van der Waals surface area contributed by atoms with Crippen LogP contribution in [0.4, 0.5) is 0 Å². The zero-order valence-electron chi connectivity index (χ0n) is 19.8. The predicted octanol–water partition coefficient (Wildman–Crippen LogP) is 8.90. The molecule has 0 saturated heterocycles. The van der Waals surface area contributed by atoms with E-state index >= 15 is 0 Å². The minimum atomic E-state index is -0.0924. The molecule has 2 aliphatic carbocycles. The van der Waals surface area contributed by atoms with Gasteiger partial charge in [0.25, 0.3) is 0 Å². The van der Waals surface area contributed by atoms with Gasteiger partial charge in [-0.2, -0.15) is 0 Å². The molecule has 0 aromatic carbocycles. The van der Waals surface area contributed by atoms with E-state index in [2.05, 4.69) is 81.8 Å². The molecule has 2 fully saturated rings. The molecule has 4 rings (SSSR count). The minimum absolute atomic E-state index is 0.0603. The van der Waals surface area contributed by atoms with Crippen LogP contribution in [-0.2, 0) is 0 Å². The smallest absolute Gasteiger partial charge is 0.0320 e. The second-order valence-corrected chi connectivity index (χ2v) is 20.3. The van der Waals surface area contributed by atoms with Gasteiger partial charge in [-0.25, -0.2) is 0 Å². The Morgan fingerprint density at radius 1 is 0.767 bits per heavy atom. The summed E-state index contributed by atoms with van der Waals surface area (Å²) >= 11 is 4.11. The summed E-state index contributed by atoms with van der Waals surface area (Å²) in [5, 5.41) is 5.55. The van der Waals surface area contributed by atoms with E-state index in [1.807, 2.05) is 16.0 Å². The first-order valence-corrected chi connectivity index (χ1v) is 16.4. The highest BCUT2D eigenvalue weighted by Crippen LogP contribution is 2.62. The van der Waals surface area contributed by atoms with Gasteiger partial charge in [-0.3, -0.25) is 0 Å². The van der Waals surface area contributed by atoms with Crippen molar-refractivity contribution in [3.63, 3.8) is 0 Å². The molecule has 0 N–H and O–H groups in total. The Labute approximate surface area is 195 Å². The number of thiophene rings is 2. The first-order chi connectivity index (χ1) is 14.2. The van der Waals surface area contributed by atoms with Gasteiger partial charge < -0.3 is 0 Å². The third kappa shape index (κ3) is 4.93. The highest BCUT2D eigenvalue weighted by atomic mass is 32.1. The van der Waals surface area contributed by atoms with Crippen LogP contribution in [0.15, 0.2) is 29.0 Å². The van der Waals surface area contributed by atoms with Crippen molar-refractivity contribution < 1.29 is 0 Å². The van der Waals surface area contributed by atoms with Crippen LogP contribution in [0.5, 0.6) is 0 Å². The maximum absolute atomic E-state index is 2.54. The Morgan fingerprint density at radius 3 is 2.07 bits per heavy atom. The highest BCUT2D eigenvalue weighted by Gasteiger charge is 2.42. The lowest BCUT2D eigenvalue weighted by Crippen LogP contribution is -2.27. The molecule has 2 unspecified atom stereocenters. The second kappa shape index (κ2) is 9.25. The maximum Gasteiger partial charge on any atom is 0.0320 e. The molecule has 4 atom stereocenters. The van der Waals surface area contributed by atoms with E-state index in [9.17, 15) is 0 Å². The Kier molecular flexibility index (Phi) is 7.22. The van der Waals surface area contributed by atoms with E-state index in [0.717, 1.165) is 17.2 Å². The topological polar surface area (TPSA) is 0 Å². The van der Waals surface area contributed by atoms with E-state index in [1.54, 1.807) is 10.2 Å². The van der Waals surface area contributed by atoms with Gasteiger partial charge in [0.05, 0.1) is 0 Å². The van der Waals surface area contributed by atoms with Crippen molar-refractivity contribution in [2.75, 3.05) is 0 Å². The van der Waals surface area contributed by atoms with Crippen LogP contribution < -0.4 is 9.24 Å². The van der Waals surface area contributed by atoms with Gasteiger partial charge in [0, 0.05) is 9.24 Å². The van der Waals surface area contributed by atoms with E-state index in [0.29, 0.717) is 10.3 Å². The van der Waals surface area contributed by atoms with Gasteiger partial charge >= 0.3 is 0 Å². The van der Waals surface area contributed by atoms with E-state index in [4.69, 9.17) is 0 Å². The molecule has 0 bridgehead atoms. The summed E-state index contributed by atoms with van der Waals surface area (Å²) in [4.78, 5) is 0. The van der Waals surface area contributed by atoms with Crippen LogP contribution in [0.1, 0.15) is 98.0 Å². The summed E-state index contributed by atoms with van der Waals surface area (Å²) in [5.41, 5.74) is 3.63. The SMILES string of the molecule is CC(C)(C)P(c1sccc1[C@@H]1CC[C@H](P(c2cccs2)C(C)(C)C)C1)C1CCCC1. The van der Waals surface area contributed by atoms with Gasteiger partial charge in [-0.15, -0.1) is 22.7 Å². The number of hydrogen-bond donors (Lipinski definition) is 0. The Hall–Kier alpha value is 0.260. The van der Waals surface area contributed by atoms with Crippen LogP contribution in [0, 0.1) is 0 Å². The van der Waals surface area contributed by atoms with Crippen LogP contribution in [0.2, 0.25) is 0 Å². The van der Waals surface area contributed by atoms with Crippen LogP contribution >= 0.6 is 38.5 Å². The first-order valence-electron chi connectivity index (χ1n) is 11.9. The lowest BCUT2D eigenvalue weighted by molar-refractivity contribution is 0.722. The summed E-state index contributed by atoms with van der Waals surface area (Å²) < 4.78 is 3.50. The highest BCUT2D eigenvalue weighted by molar-refractivity contribution is 7.74. The minimum Gasteiger partial charge on any atom is -0.144 e. The first kappa shape index (κ1) is 23.4. The lowest BCUT2D eigenvalue weighted by Gasteiger charge is -2.37. The predicted molar refractivity (Wildman–Crippen MR) is 144 cm³/mol. The zero-order valence-corrected chi connectivity index (χ0v) is 23.2. The average Bonchev–Trinajstić information content (AvgIpc) is 3.42. The molecule has 0 radical (unpaired) electrons. The van der Waals surface area contributed by atoms with Gasteiger partial charge in [0.1, 0.15) is 0 Å². The fraction of sp³-hybridized carbons (Fsp3) is 0.692. The molecule has 166 valence electrons. The molecule has 2 heterocycles. The molecular weight excluding hydrogens is 438 g/mol. The largest absolute Gasteiger partial charge is 0.144 e. The van der Waals surface area contributed by atoms with E-state index in [-0.39, 0.29) is 15.8 Å². The Morgan fingerprint density at radius 2 is 1.47 bits per heavy atom. The zero-order chi connectivity index (χ0) is 21.5. The molecule has 0 spiro atoms. The third-order valence-corrected chi connectivity index (χ3v) is 16.9. The lowest BCUT2D eigenvalue weighted by atomic mass is 10.0. The summed E-state index contributed by atoms with van der Waals surface area (Å²) in [5.74, 6) is 0.803. The summed E-state index contributed by atoms with van der Waals surface area (Å²) in [6.07, 6.45) is 10.1. The molecular formula is C26H40P2S2. The molecule has 2 aromatic heterocycles. The van der Waals surface area contributed by atoms with Gasteiger partial charge in [0.15, 0.2) is 0 Å². The maximum atomic E-state index is 2.54. The molecule has 4 heteroatoms. The van der Waals surface area contributed by atoms with Crippen molar-refractivity contribution in [2.24, 2.45) is 0 Å². The van der Waals surface area contributed by atoms with E-state index < -0.39 is 0 Å². The fourth-order valence-corrected chi connectivity index (χ4v) is 17.6. The van der Waals surface area contributed by atoms with Crippen molar-refractivity contribution in [3.05, 3.63) is 34.5 Å². The molecule has 0 amide bonds. The average molecular weight is 479 g/mol. The van der Waals surface area contributed by atoms with Crippen molar-refractivity contribution in [1.29, 1.82) is 0 Å². The third-order valence-electron chi connectivity index (χ3n) is 6.98. The normalized spacial score (nSPS) is 25.7. The number of rotatable bonds is 5. The van der Waals surface area contributed by atoms with Crippen molar-refractivity contribution in [3.8, 4) is 0 Å².